The van der Waals surface area contributed by atoms with Crippen molar-refractivity contribution in [3.8, 4) is 0 Å². The Morgan fingerprint density at radius 3 is 1.68 bits per heavy atom. The minimum Gasteiger partial charge on any atom is -0.545 e. The van der Waals surface area contributed by atoms with Crippen molar-refractivity contribution in [1.82, 2.24) is 0 Å². The molecule has 0 aliphatic heterocycles. The van der Waals surface area contributed by atoms with Crippen molar-refractivity contribution in [2.45, 2.75) is 39.5 Å². The second-order valence-corrected chi connectivity index (χ2v) is 4.92. The number of carboxylic acids is 2. The van der Waals surface area contributed by atoms with E-state index < -0.39 is 47.3 Å². The summed E-state index contributed by atoms with van der Waals surface area (Å²) in [5, 5.41) is 21.6. The topological polar surface area (TPSA) is 80.3 Å². The third kappa shape index (κ3) is 4.53. The molecule has 0 radical (unpaired) electrons. The number of carboxylic acid groups (broad SMARTS) is 2. The minimum absolute atomic E-state index is 0.993. The summed E-state index contributed by atoms with van der Waals surface area (Å²) in [6.45, 7) is 3.67. The van der Waals surface area contributed by atoms with Crippen molar-refractivity contribution in [2.24, 2.45) is 5.41 Å². The molecule has 0 aromatic rings. The molecular weight excluding hydrogens is 272 g/mol. The summed E-state index contributed by atoms with van der Waals surface area (Å²) in [6, 6.07) is 0. The fourth-order valence-electron chi connectivity index (χ4n) is 1.46. The summed E-state index contributed by atoms with van der Waals surface area (Å²) in [7, 11) is 0. The average molecular weight is 284 g/mol. The van der Waals surface area contributed by atoms with E-state index in [-0.39, 0.29) is 0 Å². The lowest BCUT2D eigenvalue weighted by atomic mass is 9.81. The van der Waals surface area contributed by atoms with Gasteiger partial charge in [0.05, 0.1) is 11.9 Å². The van der Waals surface area contributed by atoms with E-state index in [1.807, 2.05) is 0 Å². The maximum absolute atomic E-state index is 12.9. The zero-order valence-corrected chi connectivity index (χ0v) is 10.4. The third-order valence-corrected chi connectivity index (χ3v) is 2.23. The molecule has 0 aliphatic carbocycles. The summed E-state index contributed by atoms with van der Waals surface area (Å²) in [5.74, 6) is -8.92. The highest BCUT2D eigenvalue weighted by atomic mass is 19.3. The molecule has 0 rings (SSSR count). The van der Waals surface area contributed by atoms with Crippen molar-refractivity contribution >= 4 is 11.9 Å². The Balaban J connectivity index is 5.90. The Morgan fingerprint density at radius 1 is 1.05 bits per heavy atom. The molecule has 0 bridgehead atoms. The molecule has 4 nitrogen and oxygen atoms in total. The molecule has 0 atom stereocenters. The number of hydrogen-bond acceptors (Lipinski definition) is 4. The highest BCUT2D eigenvalue weighted by molar-refractivity contribution is 5.98. The van der Waals surface area contributed by atoms with Gasteiger partial charge in [0.2, 0.25) is 0 Å². The van der Waals surface area contributed by atoms with Crippen LogP contribution < -0.4 is 10.2 Å². The van der Waals surface area contributed by atoms with Crippen LogP contribution in [0, 0.1) is 5.41 Å². The summed E-state index contributed by atoms with van der Waals surface area (Å²) in [4.78, 5) is 21.6. The largest absolute Gasteiger partial charge is 0.545 e. The van der Waals surface area contributed by atoms with Gasteiger partial charge in [-0.05, 0) is 16.6 Å². The molecule has 0 spiro atoms. The summed E-state index contributed by atoms with van der Waals surface area (Å²) in [6.07, 6.45) is -6.06. The van der Waals surface area contributed by atoms with E-state index >= 15 is 0 Å². The monoisotopic (exact) mass is 284 g/mol. The van der Waals surface area contributed by atoms with Gasteiger partial charge in [0.15, 0.2) is 0 Å². The molecule has 0 fully saturated rings. The van der Waals surface area contributed by atoms with Crippen LogP contribution in [0.3, 0.4) is 0 Å². The molecule has 0 saturated carbocycles. The second kappa shape index (κ2) is 5.58. The van der Waals surface area contributed by atoms with Gasteiger partial charge >= 0.3 is 12.3 Å². The van der Waals surface area contributed by atoms with E-state index in [0.717, 1.165) is 0 Å². The van der Waals surface area contributed by atoms with Crippen LogP contribution in [-0.2, 0) is 9.59 Å². The van der Waals surface area contributed by atoms with Crippen molar-refractivity contribution in [1.29, 1.82) is 0 Å². The van der Waals surface area contributed by atoms with Gasteiger partial charge in [-0.25, -0.2) is 8.78 Å². The highest BCUT2D eigenvalue weighted by Gasteiger charge is 2.42. The maximum atomic E-state index is 12.9. The summed E-state index contributed by atoms with van der Waals surface area (Å²) < 4.78 is 49.9. The first kappa shape index (κ1) is 17.4. The van der Waals surface area contributed by atoms with Gasteiger partial charge < -0.3 is 19.8 Å². The molecule has 0 saturated heterocycles. The van der Waals surface area contributed by atoms with Crippen LogP contribution in [0.1, 0.15) is 27.2 Å². The van der Waals surface area contributed by atoms with Crippen LogP contribution in [0.5, 0.6) is 0 Å². The number of hydrogen-bond donors (Lipinski definition) is 0. The number of carbonyl (C=O) groups excluding carboxylic acids is 2. The molecule has 0 aromatic heterocycles. The van der Waals surface area contributed by atoms with Crippen molar-refractivity contribution in [3.05, 3.63) is 11.1 Å². The second-order valence-electron chi connectivity index (χ2n) is 4.92. The lowest BCUT2D eigenvalue weighted by Crippen LogP contribution is -2.39. The van der Waals surface area contributed by atoms with Crippen molar-refractivity contribution < 1.29 is 37.4 Å². The van der Waals surface area contributed by atoms with Crippen LogP contribution in [0.4, 0.5) is 17.6 Å². The molecule has 0 aliphatic rings. The van der Waals surface area contributed by atoms with E-state index in [2.05, 4.69) is 0 Å². The SMILES string of the molecule is CC(C)(C)/C(C(=O)[O-])=C(/CC(F)(F)C(F)F)C(=O)[O-]. The fraction of sp³-hybridized carbons (Fsp3) is 0.636. The van der Waals surface area contributed by atoms with E-state index in [9.17, 15) is 37.4 Å². The van der Waals surface area contributed by atoms with Gasteiger partial charge in [-0.15, -0.1) is 0 Å². The van der Waals surface area contributed by atoms with Crippen molar-refractivity contribution in [2.75, 3.05) is 0 Å². The fourth-order valence-corrected chi connectivity index (χ4v) is 1.46. The predicted molar refractivity (Wildman–Crippen MR) is 52.1 cm³/mol. The van der Waals surface area contributed by atoms with Crippen LogP contribution >= 0.6 is 0 Å². The molecule has 0 amide bonds. The van der Waals surface area contributed by atoms with Gasteiger partial charge in [-0.3, -0.25) is 0 Å². The number of carbonyl (C=O) groups is 2. The Morgan fingerprint density at radius 2 is 1.47 bits per heavy atom. The van der Waals surface area contributed by atoms with Crippen LogP contribution in [0.25, 0.3) is 0 Å². The minimum atomic E-state index is -4.67. The zero-order valence-electron chi connectivity index (χ0n) is 10.4. The molecule has 0 N–H and O–H groups in total. The first-order valence-corrected chi connectivity index (χ1v) is 5.13. The Bertz CT molecular complexity index is 407. The van der Waals surface area contributed by atoms with Gasteiger partial charge in [-0.1, -0.05) is 20.8 Å². The van der Waals surface area contributed by atoms with Gasteiger partial charge in [0.25, 0.3) is 0 Å². The van der Waals surface area contributed by atoms with Crippen molar-refractivity contribution in [3.63, 3.8) is 0 Å². The van der Waals surface area contributed by atoms with Gasteiger partial charge in [0, 0.05) is 6.42 Å². The summed E-state index contributed by atoms with van der Waals surface area (Å²) in [5.41, 5.74) is -3.77. The number of aliphatic carboxylic acids is 2. The first-order valence-electron chi connectivity index (χ1n) is 5.13. The maximum Gasteiger partial charge on any atom is 0.311 e. The molecule has 0 unspecified atom stereocenters. The Labute approximate surface area is 106 Å². The highest BCUT2D eigenvalue weighted by Crippen LogP contribution is 2.35. The Hall–Kier alpha value is -1.60. The standard InChI is InChI=1S/C11H14F4O4/c1-10(2,3)6(8(18)19)5(7(16)17)4-11(14,15)9(12)13/h9H,4H2,1-3H3,(H,16,17)(H,18,19)/p-2/b6-5-. The van der Waals surface area contributed by atoms with Crippen LogP contribution in [0.2, 0.25) is 0 Å². The van der Waals surface area contributed by atoms with E-state index in [1.54, 1.807) is 0 Å². The number of alkyl halides is 4. The van der Waals surface area contributed by atoms with Crippen LogP contribution in [-0.4, -0.2) is 24.3 Å². The molecule has 110 valence electrons. The normalized spacial score (nSPS) is 14.3. The molecular formula is C11H12F4O4-2. The number of halogens is 4. The predicted octanol–water partition coefficient (Wildman–Crippen LogP) is 0.119. The molecule has 0 aromatic carbocycles. The molecule has 19 heavy (non-hydrogen) atoms. The first-order chi connectivity index (χ1) is 8.30. The van der Waals surface area contributed by atoms with Crippen LogP contribution in [0.15, 0.2) is 11.1 Å². The number of rotatable bonds is 5. The van der Waals surface area contributed by atoms with Gasteiger partial charge in [0.1, 0.15) is 0 Å². The van der Waals surface area contributed by atoms with E-state index in [0.29, 0.717) is 0 Å². The lowest BCUT2D eigenvalue weighted by molar-refractivity contribution is -0.305. The van der Waals surface area contributed by atoms with E-state index in [4.69, 9.17) is 0 Å². The summed E-state index contributed by atoms with van der Waals surface area (Å²) >= 11 is 0. The third-order valence-electron chi connectivity index (χ3n) is 2.23. The zero-order chi connectivity index (χ0) is 15.6. The van der Waals surface area contributed by atoms with Gasteiger partial charge in [-0.2, -0.15) is 8.78 Å². The Kier molecular flexibility index (Phi) is 5.11. The quantitative estimate of drug-likeness (QED) is 0.530. The molecule has 0 heterocycles. The lowest BCUT2D eigenvalue weighted by Gasteiger charge is -2.29. The smallest absolute Gasteiger partial charge is 0.311 e. The van der Waals surface area contributed by atoms with E-state index in [1.165, 1.54) is 20.8 Å². The molecule has 8 heteroatoms. The average Bonchev–Trinajstić information content (AvgIpc) is 2.12.